The van der Waals surface area contributed by atoms with E-state index in [4.69, 9.17) is 9.31 Å². The third-order valence-corrected chi connectivity index (χ3v) is 9.90. The maximum atomic E-state index is 11.1. The zero-order chi connectivity index (χ0) is 27.8. The Labute approximate surface area is 232 Å². The normalized spacial score (nSPS) is 21.1. The van der Waals surface area contributed by atoms with Gasteiger partial charge in [-0.15, -0.1) is 0 Å². The fourth-order valence-electron chi connectivity index (χ4n) is 6.35. The van der Waals surface area contributed by atoms with Gasteiger partial charge in [-0.1, -0.05) is 93.6 Å². The van der Waals surface area contributed by atoms with E-state index in [-0.39, 0.29) is 23.7 Å². The predicted molar refractivity (Wildman–Crippen MR) is 161 cm³/mol. The Morgan fingerprint density at radius 1 is 0.816 bits per heavy atom. The van der Waals surface area contributed by atoms with Gasteiger partial charge in [-0.25, -0.2) is 0 Å². The molecule has 4 rings (SSSR count). The largest absolute Gasteiger partial charge is 0.495 e. The molecule has 38 heavy (non-hydrogen) atoms. The maximum Gasteiger partial charge on any atom is 0.495 e. The van der Waals surface area contributed by atoms with Gasteiger partial charge in [0.2, 0.25) is 0 Å². The van der Waals surface area contributed by atoms with Gasteiger partial charge in [0.25, 0.3) is 0 Å². The van der Waals surface area contributed by atoms with Gasteiger partial charge in [0.15, 0.2) is 0 Å². The summed E-state index contributed by atoms with van der Waals surface area (Å²) < 4.78 is 12.7. The summed E-state index contributed by atoms with van der Waals surface area (Å²) in [4.78, 5) is 0. The molecule has 206 valence electrons. The van der Waals surface area contributed by atoms with Gasteiger partial charge >= 0.3 is 7.12 Å². The van der Waals surface area contributed by atoms with Crippen molar-refractivity contribution in [2.45, 2.75) is 129 Å². The quantitative estimate of drug-likeness (QED) is 0.301. The van der Waals surface area contributed by atoms with Crippen LogP contribution in [0, 0.1) is 13.8 Å². The van der Waals surface area contributed by atoms with Crippen LogP contribution in [0.1, 0.15) is 121 Å². The molecule has 2 aromatic carbocycles. The summed E-state index contributed by atoms with van der Waals surface area (Å²) in [6.45, 7) is 17.4. The van der Waals surface area contributed by atoms with Gasteiger partial charge in [-0.05, 0) is 94.9 Å². The molecule has 1 N–H and O–H groups in total. The van der Waals surface area contributed by atoms with E-state index in [0.717, 1.165) is 44.0 Å². The first kappa shape index (κ1) is 29.1. The lowest BCUT2D eigenvalue weighted by molar-refractivity contribution is 0.00578. The standard InChI is InChI=1S/C34H49BO3/c1-9-34(10-2,29-17-18-30(26(4)24-29)35-37-31(5,6)32(7,8)38-35)28-16-15-27(25(3)23-28)19-22-33(36)20-13-11-12-14-21-33/h15-19,22-24,36H,9-14,20-21H2,1-8H3/b22-19+. The predicted octanol–water partition coefficient (Wildman–Crippen LogP) is 7.81. The molecule has 4 heteroatoms. The molecule has 1 saturated heterocycles. The number of hydrogen-bond donors (Lipinski definition) is 1. The number of benzene rings is 2. The lowest BCUT2D eigenvalue weighted by Gasteiger charge is -2.34. The Morgan fingerprint density at radius 3 is 1.84 bits per heavy atom. The van der Waals surface area contributed by atoms with Crippen molar-refractivity contribution < 1.29 is 14.4 Å². The summed E-state index contributed by atoms with van der Waals surface area (Å²) in [6, 6.07) is 13.7. The Hall–Kier alpha value is -1.88. The first-order valence-electron chi connectivity index (χ1n) is 14.9. The Morgan fingerprint density at radius 2 is 1.34 bits per heavy atom. The van der Waals surface area contributed by atoms with Gasteiger partial charge in [0.05, 0.1) is 16.8 Å². The van der Waals surface area contributed by atoms with Crippen LogP contribution in [-0.2, 0) is 14.7 Å². The molecule has 1 aliphatic carbocycles. The third kappa shape index (κ3) is 5.55. The topological polar surface area (TPSA) is 38.7 Å². The summed E-state index contributed by atoms with van der Waals surface area (Å²) in [5, 5.41) is 11.1. The molecule has 0 unspecified atom stereocenters. The van der Waals surface area contributed by atoms with Gasteiger partial charge < -0.3 is 14.4 Å². The summed E-state index contributed by atoms with van der Waals surface area (Å²) in [7, 11) is -0.344. The van der Waals surface area contributed by atoms with E-state index < -0.39 is 5.60 Å². The third-order valence-electron chi connectivity index (χ3n) is 9.90. The molecule has 2 aromatic rings. The second kappa shape index (κ2) is 10.9. The molecule has 3 nitrogen and oxygen atoms in total. The summed E-state index contributed by atoms with van der Waals surface area (Å²) in [5.41, 5.74) is 6.05. The van der Waals surface area contributed by atoms with E-state index in [2.05, 4.69) is 104 Å². The number of rotatable bonds is 7. The second-order valence-corrected chi connectivity index (χ2v) is 12.9. The van der Waals surface area contributed by atoms with E-state index in [1.165, 1.54) is 40.7 Å². The first-order chi connectivity index (χ1) is 17.9. The lowest BCUT2D eigenvalue weighted by atomic mass is 9.68. The average Bonchev–Trinajstić information content (AvgIpc) is 2.98. The molecule has 1 heterocycles. The van der Waals surface area contributed by atoms with E-state index in [1.807, 2.05) is 0 Å². The van der Waals surface area contributed by atoms with Gasteiger partial charge in [0, 0.05) is 5.41 Å². The van der Waals surface area contributed by atoms with Gasteiger partial charge in [-0.2, -0.15) is 0 Å². The van der Waals surface area contributed by atoms with Crippen LogP contribution in [0.3, 0.4) is 0 Å². The number of aryl methyl sites for hydroxylation is 2. The fraction of sp³-hybridized carbons (Fsp3) is 0.588. The fourth-order valence-corrected chi connectivity index (χ4v) is 6.35. The van der Waals surface area contributed by atoms with Crippen LogP contribution < -0.4 is 5.46 Å². The van der Waals surface area contributed by atoms with Crippen molar-refractivity contribution in [3.63, 3.8) is 0 Å². The molecule has 1 aliphatic heterocycles. The minimum atomic E-state index is -0.658. The van der Waals surface area contributed by atoms with Crippen LogP contribution in [-0.4, -0.2) is 29.0 Å². The molecule has 0 bridgehead atoms. The van der Waals surface area contributed by atoms with Crippen molar-refractivity contribution in [1.29, 1.82) is 0 Å². The van der Waals surface area contributed by atoms with Crippen LogP contribution in [0.2, 0.25) is 0 Å². The molecule has 0 spiro atoms. The monoisotopic (exact) mass is 516 g/mol. The highest BCUT2D eigenvalue weighted by Gasteiger charge is 2.52. The molecule has 0 amide bonds. The molecule has 2 fully saturated rings. The SMILES string of the molecule is CCC(CC)(c1ccc(/C=C/C2(O)CCCCCC2)c(C)c1)c1ccc(B2OC(C)(C)C(C)(C)O2)c(C)c1. The number of aliphatic hydroxyl groups is 1. The summed E-state index contributed by atoms with van der Waals surface area (Å²) in [5.74, 6) is 0. The molecule has 1 saturated carbocycles. The van der Waals surface area contributed by atoms with Crippen LogP contribution >= 0.6 is 0 Å². The van der Waals surface area contributed by atoms with Crippen molar-refractivity contribution in [3.8, 4) is 0 Å². The van der Waals surface area contributed by atoms with Crippen molar-refractivity contribution in [2.75, 3.05) is 0 Å². The molecule has 2 aliphatic rings. The van der Waals surface area contributed by atoms with Gasteiger partial charge in [-0.3, -0.25) is 0 Å². The highest BCUT2D eigenvalue weighted by molar-refractivity contribution is 6.62. The van der Waals surface area contributed by atoms with E-state index in [9.17, 15) is 5.11 Å². The van der Waals surface area contributed by atoms with Crippen LogP contribution in [0.4, 0.5) is 0 Å². The molecule has 0 atom stereocenters. The molecular formula is C34H49BO3. The lowest BCUT2D eigenvalue weighted by Crippen LogP contribution is -2.41. The van der Waals surface area contributed by atoms with Crippen LogP contribution in [0.15, 0.2) is 42.5 Å². The molecular weight excluding hydrogens is 467 g/mol. The van der Waals surface area contributed by atoms with E-state index in [1.54, 1.807) is 0 Å². The molecule has 0 radical (unpaired) electrons. The second-order valence-electron chi connectivity index (χ2n) is 12.9. The smallest absolute Gasteiger partial charge is 0.399 e. The van der Waals surface area contributed by atoms with Crippen molar-refractivity contribution in [3.05, 3.63) is 70.3 Å². The van der Waals surface area contributed by atoms with Crippen molar-refractivity contribution >= 4 is 18.7 Å². The van der Waals surface area contributed by atoms with Crippen molar-refractivity contribution in [1.82, 2.24) is 0 Å². The highest BCUT2D eigenvalue weighted by atomic mass is 16.7. The minimum absolute atomic E-state index is 0.0638. The van der Waals surface area contributed by atoms with Gasteiger partial charge in [0.1, 0.15) is 0 Å². The van der Waals surface area contributed by atoms with E-state index >= 15 is 0 Å². The zero-order valence-corrected chi connectivity index (χ0v) is 25.1. The Kier molecular flexibility index (Phi) is 8.39. The van der Waals surface area contributed by atoms with Crippen LogP contribution in [0.25, 0.3) is 6.08 Å². The summed E-state index contributed by atoms with van der Waals surface area (Å²) in [6.07, 6.45) is 12.7. The first-order valence-corrected chi connectivity index (χ1v) is 14.9. The Bertz CT molecular complexity index is 1130. The Balaban J connectivity index is 1.62. The zero-order valence-electron chi connectivity index (χ0n) is 25.1. The maximum absolute atomic E-state index is 11.1. The minimum Gasteiger partial charge on any atom is -0.399 e. The summed E-state index contributed by atoms with van der Waals surface area (Å²) >= 11 is 0. The average molecular weight is 517 g/mol. The van der Waals surface area contributed by atoms with E-state index in [0.29, 0.717) is 0 Å². The highest BCUT2D eigenvalue weighted by Crippen LogP contribution is 2.41. The number of hydrogen-bond acceptors (Lipinski definition) is 3. The van der Waals surface area contributed by atoms with Crippen molar-refractivity contribution in [2.24, 2.45) is 0 Å². The molecule has 0 aromatic heterocycles. The van der Waals surface area contributed by atoms with Crippen LogP contribution in [0.5, 0.6) is 0 Å².